The second kappa shape index (κ2) is 5.20. The molecule has 3 rings (SSSR count). The Balaban J connectivity index is 2.01. The molecule has 1 aromatic heterocycles. The van der Waals surface area contributed by atoms with Gasteiger partial charge in [-0.2, -0.15) is 0 Å². The molecule has 1 atom stereocenters. The van der Waals surface area contributed by atoms with Crippen molar-refractivity contribution in [1.82, 2.24) is 4.98 Å². The summed E-state index contributed by atoms with van der Waals surface area (Å²) in [5, 5.41) is 1.64. The van der Waals surface area contributed by atoms with Gasteiger partial charge in [-0.05, 0) is 41.5 Å². The van der Waals surface area contributed by atoms with Gasteiger partial charge < -0.3 is 0 Å². The highest BCUT2D eigenvalue weighted by molar-refractivity contribution is 6.30. The number of pyridine rings is 1. The van der Waals surface area contributed by atoms with Crippen LogP contribution >= 0.6 is 23.2 Å². The molecule has 94 valence electrons. The Morgan fingerprint density at radius 2 is 1.63 bits per heavy atom. The summed E-state index contributed by atoms with van der Waals surface area (Å²) in [6.45, 7) is 0. The van der Waals surface area contributed by atoms with Crippen LogP contribution in [0.15, 0.2) is 60.8 Å². The molecule has 0 N–H and O–H groups in total. The van der Waals surface area contributed by atoms with Crippen LogP contribution in [0.5, 0.6) is 0 Å². The van der Waals surface area contributed by atoms with Crippen LogP contribution in [0.4, 0.5) is 0 Å². The molecule has 0 bridgehead atoms. The van der Waals surface area contributed by atoms with Crippen molar-refractivity contribution in [3.8, 4) is 0 Å². The molecule has 0 saturated heterocycles. The van der Waals surface area contributed by atoms with E-state index < -0.39 is 0 Å². The van der Waals surface area contributed by atoms with Gasteiger partial charge in [-0.25, -0.2) is 0 Å². The summed E-state index contributed by atoms with van der Waals surface area (Å²) in [4.78, 5) is 4.31. The maximum absolute atomic E-state index is 6.52. The highest BCUT2D eigenvalue weighted by Crippen LogP contribution is 2.31. The van der Waals surface area contributed by atoms with E-state index in [1.165, 1.54) is 0 Å². The molecule has 0 saturated carbocycles. The van der Waals surface area contributed by atoms with Gasteiger partial charge in [0.1, 0.15) is 0 Å². The van der Waals surface area contributed by atoms with E-state index in [0.717, 1.165) is 27.1 Å². The molecule has 0 aliphatic carbocycles. The van der Waals surface area contributed by atoms with Crippen molar-refractivity contribution in [1.29, 1.82) is 0 Å². The van der Waals surface area contributed by atoms with Crippen LogP contribution in [-0.4, -0.2) is 4.98 Å². The quantitative estimate of drug-likeness (QED) is 0.589. The lowest BCUT2D eigenvalue weighted by molar-refractivity contribution is 1.14. The Morgan fingerprint density at radius 3 is 2.42 bits per heavy atom. The van der Waals surface area contributed by atoms with Gasteiger partial charge in [0, 0.05) is 16.6 Å². The molecule has 3 heteroatoms. The maximum Gasteiger partial charge on any atom is 0.0835 e. The monoisotopic (exact) mass is 287 g/mol. The SMILES string of the molecule is Clc1ccc(C(Cl)c2ccc3ncccc3c2)cc1. The number of benzene rings is 2. The predicted molar refractivity (Wildman–Crippen MR) is 80.9 cm³/mol. The van der Waals surface area contributed by atoms with Gasteiger partial charge >= 0.3 is 0 Å². The zero-order valence-electron chi connectivity index (χ0n) is 10.1. The van der Waals surface area contributed by atoms with E-state index in [0.29, 0.717) is 0 Å². The topological polar surface area (TPSA) is 12.9 Å². The fourth-order valence-electron chi connectivity index (χ4n) is 2.08. The standard InChI is InChI=1S/C16H11Cl2N/c17-14-6-3-11(4-7-14)16(18)13-5-8-15-12(10-13)2-1-9-19-15/h1-10,16H. The third-order valence-corrected chi connectivity index (χ3v) is 3.84. The van der Waals surface area contributed by atoms with E-state index in [1.807, 2.05) is 48.5 Å². The smallest absolute Gasteiger partial charge is 0.0835 e. The van der Waals surface area contributed by atoms with Crippen LogP contribution in [0.2, 0.25) is 5.02 Å². The molecule has 0 aliphatic heterocycles. The number of hydrogen-bond acceptors (Lipinski definition) is 1. The zero-order valence-corrected chi connectivity index (χ0v) is 11.6. The van der Waals surface area contributed by atoms with E-state index in [9.17, 15) is 0 Å². The molecular formula is C16H11Cl2N. The van der Waals surface area contributed by atoms with Crippen LogP contribution in [0.3, 0.4) is 0 Å². The Bertz CT molecular complexity index is 707. The molecule has 1 heterocycles. The number of halogens is 2. The maximum atomic E-state index is 6.52. The first-order chi connectivity index (χ1) is 9.24. The number of alkyl halides is 1. The van der Waals surface area contributed by atoms with Gasteiger partial charge in [-0.1, -0.05) is 35.9 Å². The third kappa shape index (κ3) is 2.58. The van der Waals surface area contributed by atoms with Crippen molar-refractivity contribution < 1.29 is 0 Å². The van der Waals surface area contributed by atoms with Crippen LogP contribution in [-0.2, 0) is 0 Å². The van der Waals surface area contributed by atoms with Crippen molar-refractivity contribution in [2.24, 2.45) is 0 Å². The summed E-state index contributed by atoms with van der Waals surface area (Å²) in [7, 11) is 0. The van der Waals surface area contributed by atoms with E-state index in [1.54, 1.807) is 6.20 Å². The molecular weight excluding hydrogens is 277 g/mol. The van der Waals surface area contributed by atoms with E-state index in [2.05, 4.69) is 11.1 Å². The van der Waals surface area contributed by atoms with Crippen LogP contribution in [0.1, 0.15) is 16.5 Å². The summed E-state index contributed by atoms with van der Waals surface area (Å²) in [6.07, 6.45) is 1.79. The lowest BCUT2D eigenvalue weighted by atomic mass is 10.0. The fraction of sp³-hybridized carbons (Fsp3) is 0.0625. The number of nitrogens with zero attached hydrogens (tertiary/aromatic N) is 1. The molecule has 19 heavy (non-hydrogen) atoms. The van der Waals surface area contributed by atoms with Gasteiger partial charge in [0.25, 0.3) is 0 Å². The van der Waals surface area contributed by atoms with Crippen molar-refractivity contribution in [3.05, 3.63) is 76.9 Å². The predicted octanol–water partition coefficient (Wildman–Crippen LogP) is 5.22. The van der Waals surface area contributed by atoms with E-state index in [-0.39, 0.29) is 5.38 Å². The van der Waals surface area contributed by atoms with Crippen molar-refractivity contribution in [2.45, 2.75) is 5.38 Å². The number of hydrogen-bond donors (Lipinski definition) is 0. The highest BCUT2D eigenvalue weighted by Gasteiger charge is 2.11. The molecule has 0 amide bonds. The first-order valence-electron chi connectivity index (χ1n) is 5.98. The lowest BCUT2D eigenvalue weighted by Crippen LogP contribution is -1.93. The molecule has 0 fully saturated rings. The van der Waals surface area contributed by atoms with Gasteiger partial charge in [0.15, 0.2) is 0 Å². The largest absolute Gasteiger partial charge is 0.256 e. The van der Waals surface area contributed by atoms with Crippen LogP contribution in [0, 0.1) is 0 Å². The van der Waals surface area contributed by atoms with Gasteiger partial charge in [-0.15, -0.1) is 11.6 Å². The fourth-order valence-corrected chi connectivity index (χ4v) is 2.48. The number of fused-ring (bicyclic) bond motifs is 1. The molecule has 3 aromatic rings. The molecule has 2 aromatic carbocycles. The van der Waals surface area contributed by atoms with E-state index >= 15 is 0 Å². The lowest BCUT2D eigenvalue weighted by Gasteiger charge is -2.11. The van der Waals surface area contributed by atoms with Crippen molar-refractivity contribution >= 4 is 34.1 Å². The summed E-state index contributed by atoms with van der Waals surface area (Å²) in [5.41, 5.74) is 3.07. The normalized spacial score (nSPS) is 12.5. The summed E-state index contributed by atoms with van der Waals surface area (Å²) in [6, 6.07) is 17.7. The number of aromatic nitrogens is 1. The highest BCUT2D eigenvalue weighted by atomic mass is 35.5. The summed E-state index contributed by atoms with van der Waals surface area (Å²) >= 11 is 12.4. The zero-order chi connectivity index (χ0) is 13.2. The average Bonchev–Trinajstić information content (AvgIpc) is 2.47. The average molecular weight is 288 g/mol. The summed E-state index contributed by atoms with van der Waals surface area (Å²) < 4.78 is 0. The van der Waals surface area contributed by atoms with Gasteiger partial charge in [0.2, 0.25) is 0 Å². The first kappa shape index (κ1) is 12.5. The van der Waals surface area contributed by atoms with E-state index in [4.69, 9.17) is 23.2 Å². The minimum Gasteiger partial charge on any atom is -0.256 e. The van der Waals surface area contributed by atoms with Crippen LogP contribution < -0.4 is 0 Å². The molecule has 0 aliphatic rings. The third-order valence-electron chi connectivity index (χ3n) is 3.08. The molecule has 0 spiro atoms. The Kier molecular flexibility index (Phi) is 3.41. The molecule has 0 radical (unpaired) electrons. The minimum atomic E-state index is -0.179. The minimum absolute atomic E-state index is 0.179. The summed E-state index contributed by atoms with van der Waals surface area (Å²) in [5.74, 6) is 0. The Morgan fingerprint density at radius 1 is 0.895 bits per heavy atom. The second-order valence-electron chi connectivity index (χ2n) is 4.37. The van der Waals surface area contributed by atoms with Crippen molar-refractivity contribution in [3.63, 3.8) is 0 Å². The van der Waals surface area contributed by atoms with Crippen LogP contribution in [0.25, 0.3) is 10.9 Å². The Labute approximate surface area is 121 Å². The molecule has 1 unspecified atom stereocenters. The first-order valence-corrected chi connectivity index (χ1v) is 6.80. The molecule has 1 nitrogen and oxygen atoms in total. The number of rotatable bonds is 2. The Hall–Kier alpha value is -1.57. The van der Waals surface area contributed by atoms with Gasteiger partial charge in [0.05, 0.1) is 10.9 Å². The second-order valence-corrected chi connectivity index (χ2v) is 5.24. The van der Waals surface area contributed by atoms with Gasteiger partial charge in [-0.3, -0.25) is 4.98 Å². The van der Waals surface area contributed by atoms with Crippen molar-refractivity contribution in [2.75, 3.05) is 0 Å².